The number of likely N-dealkylation sites (N-methyl/N-ethyl adjacent to an activating group) is 2. The smallest absolute Gasteiger partial charge is 0.239 e. The van der Waals surface area contributed by atoms with Crippen LogP contribution in [0.3, 0.4) is 0 Å². The van der Waals surface area contributed by atoms with Crippen LogP contribution in [0, 0.1) is 17.2 Å². The molecule has 1 amide bonds. The van der Waals surface area contributed by atoms with Crippen molar-refractivity contribution in [2.75, 3.05) is 27.2 Å². The first kappa shape index (κ1) is 13.0. The van der Waals surface area contributed by atoms with Crippen molar-refractivity contribution >= 4 is 5.91 Å². The Balaban J connectivity index is 2.59. The molecule has 0 aromatic rings. The van der Waals surface area contributed by atoms with Gasteiger partial charge in [-0.15, -0.1) is 0 Å². The van der Waals surface area contributed by atoms with Gasteiger partial charge in [0.15, 0.2) is 0 Å². The first-order valence-electron chi connectivity index (χ1n) is 5.95. The molecule has 1 heterocycles. The molecule has 1 fully saturated rings. The number of hydrogen-bond acceptors (Lipinski definition) is 3. The van der Waals surface area contributed by atoms with E-state index in [2.05, 4.69) is 18.0 Å². The van der Waals surface area contributed by atoms with Gasteiger partial charge in [-0.2, -0.15) is 5.26 Å². The van der Waals surface area contributed by atoms with Crippen molar-refractivity contribution in [1.82, 2.24) is 9.80 Å². The Bertz CT molecular complexity index is 284. The quantitative estimate of drug-likeness (QED) is 0.719. The Morgan fingerprint density at radius 1 is 1.69 bits per heavy atom. The van der Waals surface area contributed by atoms with E-state index >= 15 is 0 Å². The van der Waals surface area contributed by atoms with Gasteiger partial charge in [0.1, 0.15) is 5.92 Å². The van der Waals surface area contributed by atoms with Crippen LogP contribution in [0.5, 0.6) is 0 Å². The highest BCUT2D eigenvalue weighted by Crippen LogP contribution is 2.16. The summed E-state index contributed by atoms with van der Waals surface area (Å²) < 4.78 is 0. The van der Waals surface area contributed by atoms with Crippen LogP contribution in [0.1, 0.15) is 26.2 Å². The van der Waals surface area contributed by atoms with Crippen LogP contribution >= 0.6 is 0 Å². The Kier molecular flexibility index (Phi) is 4.75. The Morgan fingerprint density at radius 2 is 2.38 bits per heavy atom. The summed E-state index contributed by atoms with van der Waals surface area (Å²) in [6.07, 6.45) is 2.78. The van der Waals surface area contributed by atoms with Crippen LogP contribution in [-0.2, 0) is 4.79 Å². The third-order valence-corrected chi connectivity index (χ3v) is 3.36. The molecular formula is C12H21N3O. The molecule has 0 spiro atoms. The molecule has 0 aromatic carbocycles. The Labute approximate surface area is 97.8 Å². The van der Waals surface area contributed by atoms with Crippen molar-refractivity contribution < 1.29 is 4.79 Å². The third kappa shape index (κ3) is 2.96. The lowest BCUT2D eigenvalue weighted by Gasteiger charge is -2.36. The van der Waals surface area contributed by atoms with Crippen molar-refractivity contribution in [3.8, 4) is 6.07 Å². The molecule has 0 radical (unpaired) electrons. The predicted octanol–water partition coefficient (Wildman–Crippen LogP) is 1.09. The minimum atomic E-state index is -0.475. The maximum atomic E-state index is 12.0. The lowest BCUT2D eigenvalue weighted by Crippen LogP contribution is -2.48. The first-order valence-corrected chi connectivity index (χ1v) is 5.95. The molecule has 4 heteroatoms. The van der Waals surface area contributed by atoms with Gasteiger partial charge >= 0.3 is 0 Å². The van der Waals surface area contributed by atoms with Gasteiger partial charge in [-0.25, -0.2) is 0 Å². The number of carbonyl (C=O) groups is 1. The number of hydrogen-bond donors (Lipinski definition) is 0. The first-order chi connectivity index (χ1) is 7.60. The van der Waals surface area contributed by atoms with Crippen LogP contribution in [0.15, 0.2) is 0 Å². The fraction of sp³-hybridized carbons (Fsp3) is 0.833. The number of carbonyl (C=O) groups excluding carboxylic acids is 1. The lowest BCUT2D eigenvalue weighted by molar-refractivity contribution is -0.135. The molecule has 0 aromatic heterocycles. The predicted molar refractivity (Wildman–Crippen MR) is 62.7 cm³/mol. The van der Waals surface area contributed by atoms with E-state index in [1.165, 1.54) is 0 Å². The number of nitrogens with zero attached hydrogens (tertiary/aromatic N) is 3. The molecular weight excluding hydrogens is 202 g/mol. The summed E-state index contributed by atoms with van der Waals surface area (Å²) in [5.74, 6) is -0.498. The van der Waals surface area contributed by atoms with E-state index in [1.54, 1.807) is 4.90 Å². The molecule has 0 bridgehead atoms. The summed E-state index contributed by atoms with van der Waals surface area (Å²) in [6, 6.07) is 2.35. The van der Waals surface area contributed by atoms with Gasteiger partial charge in [0.2, 0.25) is 5.91 Å². The molecule has 1 aliphatic rings. The number of rotatable bonds is 3. The van der Waals surface area contributed by atoms with Gasteiger partial charge in [-0.1, -0.05) is 6.92 Å². The van der Waals surface area contributed by atoms with Crippen LogP contribution in [0.25, 0.3) is 0 Å². The molecule has 0 aliphatic carbocycles. The molecule has 1 saturated heterocycles. The molecule has 16 heavy (non-hydrogen) atoms. The topological polar surface area (TPSA) is 47.3 Å². The minimum absolute atomic E-state index is 0.0229. The second-order valence-electron chi connectivity index (χ2n) is 4.60. The zero-order valence-corrected chi connectivity index (χ0v) is 10.4. The standard InChI is InChI=1S/C12H21N3O/c1-4-10(8-13)12(16)15(3)11-6-5-7-14(2)9-11/h10-11H,4-7,9H2,1-3H3. The highest BCUT2D eigenvalue weighted by atomic mass is 16.2. The fourth-order valence-corrected chi connectivity index (χ4v) is 2.20. The monoisotopic (exact) mass is 223 g/mol. The van der Waals surface area contributed by atoms with Gasteiger partial charge in [0.05, 0.1) is 6.07 Å². The highest BCUT2D eigenvalue weighted by molar-refractivity contribution is 5.81. The molecule has 4 nitrogen and oxygen atoms in total. The van der Waals surface area contributed by atoms with E-state index in [1.807, 2.05) is 14.0 Å². The third-order valence-electron chi connectivity index (χ3n) is 3.36. The fourth-order valence-electron chi connectivity index (χ4n) is 2.20. The maximum Gasteiger partial charge on any atom is 0.239 e. The van der Waals surface area contributed by atoms with Crippen molar-refractivity contribution in [1.29, 1.82) is 5.26 Å². The Hall–Kier alpha value is -1.08. The van der Waals surface area contributed by atoms with Crippen LogP contribution in [0.2, 0.25) is 0 Å². The van der Waals surface area contributed by atoms with Gasteiger partial charge in [0.25, 0.3) is 0 Å². The zero-order chi connectivity index (χ0) is 12.1. The Morgan fingerprint density at radius 3 is 2.88 bits per heavy atom. The minimum Gasteiger partial charge on any atom is -0.340 e. The highest BCUT2D eigenvalue weighted by Gasteiger charge is 2.28. The second kappa shape index (κ2) is 5.86. The maximum absolute atomic E-state index is 12.0. The van der Waals surface area contributed by atoms with Crippen LogP contribution < -0.4 is 0 Å². The van der Waals surface area contributed by atoms with Crippen molar-refractivity contribution in [3.63, 3.8) is 0 Å². The van der Waals surface area contributed by atoms with Gasteiger partial charge in [-0.3, -0.25) is 4.79 Å². The van der Waals surface area contributed by atoms with Crippen molar-refractivity contribution in [2.45, 2.75) is 32.2 Å². The molecule has 1 aliphatic heterocycles. The number of amides is 1. The average Bonchev–Trinajstić information content (AvgIpc) is 2.29. The molecule has 90 valence electrons. The summed E-state index contributed by atoms with van der Waals surface area (Å²) in [6.45, 7) is 3.91. The number of nitriles is 1. The molecule has 1 rings (SSSR count). The van der Waals surface area contributed by atoms with E-state index in [0.29, 0.717) is 6.42 Å². The summed E-state index contributed by atoms with van der Waals surface area (Å²) in [5.41, 5.74) is 0. The summed E-state index contributed by atoms with van der Waals surface area (Å²) in [5, 5.41) is 8.89. The summed E-state index contributed by atoms with van der Waals surface area (Å²) in [7, 11) is 3.90. The van der Waals surface area contributed by atoms with Gasteiger partial charge < -0.3 is 9.80 Å². The van der Waals surface area contributed by atoms with E-state index in [9.17, 15) is 4.79 Å². The zero-order valence-electron chi connectivity index (χ0n) is 10.4. The molecule has 2 atom stereocenters. The molecule has 2 unspecified atom stereocenters. The second-order valence-corrected chi connectivity index (χ2v) is 4.60. The van der Waals surface area contributed by atoms with E-state index < -0.39 is 5.92 Å². The van der Waals surface area contributed by atoms with Gasteiger partial charge in [0, 0.05) is 19.6 Å². The number of likely N-dealkylation sites (tertiary alicyclic amines) is 1. The van der Waals surface area contributed by atoms with Crippen LogP contribution in [0.4, 0.5) is 0 Å². The number of piperidine rings is 1. The summed E-state index contributed by atoms with van der Waals surface area (Å²) in [4.78, 5) is 16.0. The van der Waals surface area contributed by atoms with Crippen LogP contribution in [-0.4, -0.2) is 48.9 Å². The SMILES string of the molecule is CCC(C#N)C(=O)N(C)C1CCCN(C)C1. The van der Waals surface area contributed by atoms with E-state index in [-0.39, 0.29) is 11.9 Å². The van der Waals surface area contributed by atoms with Crippen molar-refractivity contribution in [3.05, 3.63) is 0 Å². The molecule has 0 N–H and O–H groups in total. The lowest BCUT2D eigenvalue weighted by atomic mass is 10.0. The normalized spacial score (nSPS) is 23.5. The average molecular weight is 223 g/mol. The van der Waals surface area contributed by atoms with E-state index in [0.717, 1.165) is 25.9 Å². The van der Waals surface area contributed by atoms with Crippen molar-refractivity contribution in [2.24, 2.45) is 5.92 Å². The van der Waals surface area contributed by atoms with Gasteiger partial charge in [-0.05, 0) is 32.9 Å². The largest absolute Gasteiger partial charge is 0.340 e. The summed E-state index contributed by atoms with van der Waals surface area (Å²) >= 11 is 0. The molecule has 0 saturated carbocycles. The van der Waals surface area contributed by atoms with E-state index in [4.69, 9.17) is 5.26 Å².